The van der Waals surface area contributed by atoms with Crippen LogP contribution in [0.5, 0.6) is 0 Å². The lowest BCUT2D eigenvalue weighted by atomic mass is 9.96. The van der Waals surface area contributed by atoms with Gasteiger partial charge in [-0.2, -0.15) is 15.0 Å². The molecule has 0 aliphatic carbocycles. The second-order valence-corrected chi connectivity index (χ2v) is 6.45. The van der Waals surface area contributed by atoms with E-state index < -0.39 is 0 Å². The molecule has 1 unspecified atom stereocenters. The van der Waals surface area contributed by atoms with Gasteiger partial charge >= 0.3 is 0 Å². The van der Waals surface area contributed by atoms with Crippen LogP contribution in [0.1, 0.15) is 32.5 Å². The van der Waals surface area contributed by atoms with E-state index in [-0.39, 0.29) is 24.3 Å². The Kier molecular flexibility index (Phi) is 5.70. The van der Waals surface area contributed by atoms with Gasteiger partial charge in [0.25, 0.3) is 0 Å². The first-order valence-corrected chi connectivity index (χ1v) is 8.06. The van der Waals surface area contributed by atoms with Crippen molar-refractivity contribution in [1.82, 2.24) is 25.2 Å². The van der Waals surface area contributed by atoms with E-state index in [1.165, 1.54) is 0 Å². The van der Waals surface area contributed by atoms with Crippen molar-refractivity contribution in [1.29, 1.82) is 0 Å². The van der Waals surface area contributed by atoms with Crippen molar-refractivity contribution in [3.05, 3.63) is 5.82 Å². The molecule has 1 saturated heterocycles. The average molecular weight is 321 g/mol. The number of carbonyl (C=O) groups excluding carboxylic acids is 1. The van der Waals surface area contributed by atoms with E-state index in [0.717, 1.165) is 25.9 Å². The number of carbonyl (C=O) groups is 1. The minimum Gasteiger partial charge on any atom is -0.368 e. The lowest BCUT2D eigenvalue weighted by Gasteiger charge is -2.34. The molecular weight excluding hydrogens is 294 g/mol. The van der Waals surface area contributed by atoms with E-state index in [4.69, 9.17) is 5.73 Å². The maximum Gasteiger partial charge on any atom is 0.229 e. The molecule has 1 aliphatic heterocycles. The van der Waals surface area contributed by atoms with Crippen LogP contribution in [0.15, 0.2) is 0 Å². The first-order valence-electron chi connectivity index (χ1n) is 8.06. The zero-order valence-electron chi connectivity index (χ0n) is 14.4. The third-order valence-corrected chi connectivity index (χ3v) is 4.06. The minimum atomic E-state index is 0.0265. The largest absolute Gasteiger partial charge is 0.368 e. The van der Waals surface area contributed by atoms with Crippen LogP contribution in [-0.2, 0) is 11.3 Å². The van der Waals surface area contributed by atoms with Crippen LogP contribution >= 0.6 is 0 Å². The first-order chi connectivity index (χ1) is 10.9. The van der Waals surface area contributed by atoms with Crippen LogP contribution in [0.25, 0.3) is 0 Å². The molecule has 0 spiro atoms. The summed E-state index contributed by atoms with van der Waals surface area (Å²) in [5, 5.41) is 2.93. The van der Waals surface area contributed by atoms with E-state index in [9.17, 15) is 4.79 Å². The molecule has 8 nitrogen and oxygen atoms in total. The summed E-state index contributed by atoms with van der Waals surface area (Å²) in [6.07, 6.45) is 1.98. The Labute approximate surface area is 137 Å². The molecule has 23 heavy (non-hydrogen) atoms. The van der Waals surface area contributed by atoms with Gasteiger partial charge in [-0.05, 0) is 33.2 Å². The van der Waals surface area contributed by atoms with Gasteiger partial charge in [0, 0.05) is 26.7 Å². The average Bonchev–Trinajstić information content (AvgIpc) is 2.52. The number of nitrogen functional groups attached to an aromatic ring is 1. The topological polar surface area (TPSA) is 100 Å². The molecule has 1 atom stereocenters. The molecule has 1 aromatic heterocycles. The third kappa shape index (κ3) is 4.75. The SMILES string of the molecule is CC(C)N1CCCC(C(=O)NCc2nc(N)nc(N(C)C)n2)C1. The lowest BCUT2D eigenvalue weighted by Crippen LogP contribution is -2.45. The highest BCUT2D eigenvalue weighted by molar-refractivity contribution is 5.78. The Morgan fingerprint density at radius 1 is 1.39 bits per heavy atom. The molecule has 0 saturated carbocycles. The number of rotatable bonds is 5. The van der Waals surface area contributed by atoms with Gasteiger partial charge in [0.05, 0.1) is 12.5 Å². The summed E-state index contributed by atoms with van der Waals surface area (Å²) in [6.45, 7) is 6.47. The Bertz CT molecular complexity index is 547. The van der Waals surface area contributed by atoms with Crippen molar-refractivity contribution in [3.8, 4) is 0 Å². The second kappa shape index (κ2) is 7.54. The number of aromatic nitrogens is 3. The van der Waals surface area contributed by atoms with E-state index in [2.05, 4.69) is 39.0 Å². The molecule has 0 radical (unpaired) electrons. The summed E-state index contributed by atoms with van der Waals surface area (Å²) >= 11 is 0. The van der Waals surface area contributed by atoms with E-state index in [1.54, 1.807) is 4.90 Å². The van der Waals surface area contributed by atoms with Crippen molar-refractivity contribution in [2.24, 2.45) is 5.92 Å². The van der Waals surface area contributed by atoms with Gasteiger partial charge in [-0.3, -0.25) is 4.79 Å². The van der Waals surface area contributed by atoms with Gasteiger partial charge in [-0.25, -0.2) is 0 Å². The zero-order valence-corrected chi connectivity index (χ0v) is 14.4. The van der Waals surface area contributed by atoms with Crippen LogP contribution in [0.3, 0.4) is 0 Å². The first kappa shape index (κ1) is 17.4. The maximum absolute atomic E-state index is 12.4. The number of amides is 1. The van der Waals surface area contributed by atoms with E-state index in [0.29, 0.717) is 17.8 Å². The van der Waals surface area contributed by atoms with E-state index >= 15 is 0 Å². The predicted octanol–water partition coefficient (Wildman–Crippen LogP) is 0.256. The molecule has 2 rings (SSSR count). The summed E-state index contributed by atoms with van der Waals surface area (Å²) in [4.78, 5) is 28.9. The molecule has 1 aromatic rings. The van der Waals surface area contributed by atoms with Crippen molar-refractivity contribution in [2.45, 2.75) is 39.3 Å². The fraction of sp³-hybridized carbons (Fsp3) is 0.733. The summed E-state index contributed by atoms with van der Waals surface area (Å²) < 4.78 is 0. The van der Waals surface area contributed by atoms with Gasteiger partial charge in [-0.1, -0.05) is 0 Å². The maximum atomic E-state index is 12.4. The Morgan fingerprint density at radius 3 is 2.78 bits per heavy atom. The highest BCUT2D eigenvalue weighted by Crippen LogP contribution is 2.18. The number of likely N-dealkylation sites (tertiary alicyclic amines) is 1. The summed E-state index contributed by atoms with van der Waals surface area (Å²) in [7, 11) is 3.67. The number of nitrogens with one attached hydrogen (secondary N) is 1. The molecule has 0 bridgehead atoms. The predicted molar refractivity (Wildman–Crippen MR) is 89.8 cm³/mol. The number of nitrogens with zero attached hydrogens (tertiary/aromatic N) is 5. The summed E-state index contributed by atoms with van der Waals surface area (Å²) in [5.74, 6) is 1.22. The molecule has 2 heterocycles. The Balaban J connectivity index is 1.94. The smallest absolute Gasteiger partial charge is 0.229 e. The number of hydrogen-bond donors (Lipinski definition) is 2. The zero-order chi connectivity index (χ0) is 17.0. The van der Waals surface area contributed by atoms with Crippen LogP contribution in [0, 0.1) is 5.92 Å². The van der Waals surface area contributed by atoms with Gasteiger partial charge in [0.2, 0.25) is 17.8 Å². The van der Waals surface area contributed by atoms with Crippen LogP contribution in [0.4, 0.5) is 11.9 Å². The minimum absolute atomic E-state index is 0.0265. The normalized spacial score (nSPS) is 18.9. The molecule has 1 aliphatic rings. The summed E-state index contributed by atoms with van der Waals surface area (Å²) in [6, 6.07) is 0.469. The monoisotopic (exact) mass is 321 g/mol. The fourth-order valence-corrected chi connectivity index (χ4v) is 2.70. The standard InChI is InChI=1S/C15H27N7O/c1-10(2)22-7-5-6-11(9-22)13(23)17-8-12-18-14(16)20-15(19-12)21(3)4/h10-11H,5-9H2,1-4H3,(H,17,23)(H2,16,18,19,20). The van der Waals surface area contributed by atoms with Crippen LogP contribution < -0.4 is 16.0 Å². The summed E-state index contributed by atoms with van der Waals surface area (Å²) in [5.41, 5.74) is 5.69. The molecule has 8 heteroatoms. The molecule has 1 amide bonds. The van der Waals surface area contributed by atoms with Crippen molar-refractivity contribution >= 4 is 17.8 Å². The van der Waals surface area contributed by atoms with E-state index in [1.807, 2.05) is 14.1 Å². The van der Waals surface area contributed by atoms with Crippen LogP contribution in [-0.4, -0.2) is 59.0 Å². The molecule has 128 valence electrons. The van der Waals surface area contributed by atoms with Gasteiger partial charge < -0.3 is 20.9 Å². The van der Waals surface area contributed by atoms with Crippen LogP contribution in [0.2, 0.25) is 0 Å². The fourth-order valence-electron chi connectivity index (χ4n) is 2.70. The van der Waals surface area contributed by atoms with Crippen molar-refractivity contribution in [3.63, 3.8) is 0 Å². The van der Waals surface area contributed by atoms with Gasteiger partial charge in [0.15, 0.2) is 5.82 Å². The molecule has 3 N–H and O–H groups in total. The molecular formula is C15H27N7O. The van der Waals surface area contributed by atoms with Gasteiger partial charge in [-0.15, -0.1) is 0 Å². The number of hydrogen-bond acceptors (Lipinski definition) is 7. The number of nitrogens with two attached hydrogens (primary N) is 1. The highest BCUT2D eigenvalue weighted by Gasteiger charge is 2.26. The Morgan fingerprint density at radius 2 is 2.13 bits per heavy atom. The number of anilines is 2. The Hall–Kier alpha value is -1.96. The number of piperidine rings is 1. The quantitative estimate of drug-likeness (QED) is 0.802. The lowest BCUT2D eigenvalue weighted by molar-refractivity contribution is -0.127. The third-order valence-electron chi connectivity index (χ3n) is 4.06. The van der Waals surface area contributed by atoms with Gasteiger partial charge in [0.1, 0.15) is 0 Å². The molecule has 1 fully saturated rings. The molecule has 0 aromatic carbocycles. The van der Waals surface area contributed by atoms with Crippen molar-refractivity contribution in [2.75, 3.05) is 37.8 Å². The highest BCUT2D eigenvalue weighted by atomic mass is 16.1. The van der Waals surface area contributed by atoms with Crippen molar-refractivity contribution < 1.29 is 4.79 Å². The second-order valence-electron chi connectivity index (χ2n) is 6.45.